The van der Waals surface area contributed by atoms with Crippen molar-refractivity contribution in [2.75, 3.05) is 19.7 Å². The minimum Gasteiger partial charge on any atom is -0.389 e. The van der Waals surface area contributed by atoms with Crippen molar-refractivity contribution >= 4 is 0 Å². The molecule has 0 amide bonds. The molecule has 3 heteroatoms. The third-order valence-corrected chi connectivity index (χ3v) is 3.68. The van der Waals surface area contributed by atoms with Gasteiger partial charge in [0.15, 0.2) is 0 Å². The van der Waals surface area contributed by atoms with Crippen LogP contribution in [0.1, 0.15) is 53.4 Å². The van der Waals surface area contributed by atoms with Gasteiger partial charge in [-0.3, -0.25) is 0 Å². The summed E-state index contributed by atoms with van der Waals surface area (Å²) in [5, 5.41) is 13.0. The standard InChI is InChI=1S/C15H31NO2/c1-5-6-16-10-13(17)11-18-14-7-12(2)8-15(3,4)9-14/h12-14,16-17H,5-11H2,1-4H3. The Hall–Kier alpha value is -0.120. The van der Waals surface area contributed by atoms with Crippen LogP contribution in [0.4, 0.5) is 0 Å². The van der Waals surface area contributed by atoms with E-state index in [0.29, 0.717) is 24.7 Å². The van der Waals surface area contributed by atoms with Crippen molar-refractivity contribution in [3.63, 3.8) is 0 Å². The van der Waals surface area contributed by atoms with Gasteiger partial charge < -0.3 is 15.2 Å². The molecule has 3 unspecified atom stereocenters. The largest absolute Gasteiger partial charge is 0.389 e. The van der Waals surface area contributed by atoms with E-state index in [1.54, 1.807) is 0 Å². The SMILES string of the molecule is CCCNCC(O)COC1CC(C)CC(C)(C)C1. The summed E-state index contributed by atoms with van der Waals surface area (Å²) in [6.45, 7) is 11.1. The topological polar surface area (TPSA) is 41.5 Å². The molecule has 1 aliphatic carbocycles. The fourth-order valence-electron chi connectivity index (χ4n) is 3.14. The number of ether oxygens (including phenoxy) is 1. The van der Waals surface area contributed by atoms with Crippen molar-refractivity contribution in [3.05, 3.63) is 0 Å². The van der Waals surface area contributed by atoms with Gasteiger partial charge in [-0.15, -0.1) is 0 Å². The zero-order valence-corrected chi connectivity index (χ0v) is 12.5. The molecule has 1 fully saturated rings. The van der Waals surface area contributed by atoms with Crippen LogP contribution in [-0.4, -0.2) is 37.0 Å². The molecule has 0 bridgehead atoms. The lowest BCUT2D eigenvalue weighted by Crippen LogP contribution is -2.36. The molecule has 108 valence electrons. The van der Waals surface area contributed by atoms with Gasteiger partial charge >= 0.3 is 0 Å². The van der Waals surface area contributed by atoms with Gasteiger partial charge in [-0.1, -0.05) is 27.7 Å². The molecule has 3 atom stereocenters. The molecule has 1 saturated carbocycles. The predicted octanol–water partition coefficient (Wildman–Crippen LogP) is 2.58. The molecule has 0 aliphatic heterocycles. The molecule has 3 nitrogen and oxygen atoms in total. The van der Waals surface area contributed by atoms with Crippen LogP contribution in [0.15, 0.2) is 0 Å². The summed E-state index contributed by atoms with van der Waals surface area (Å²) >= 11 is 0. The summed E-state index contributed by atoms with van der Waals surface area (Å²) in [7, 11) is 0. The van der Waals surface area contributed by atoms with Gasteiger partial charge in [-0.05, 0) is 43.6 Å². The average molecular weight is 257 g/mol. The molecule has 1 rings (SSSR count). The van der Waals surface area contributed by atoms with E-state index >= 15 is 0 Å². The van der Waals surface area contributed by atoms with E-state index in [9.17, 15) is 5.11 Å². The van der Waals surface area contributed by atoms with Crippen molar-refractivity contribution in [2.45, 2.75) is 65.6 Å². The number of nitrogens with one attached hydrogen (secondary N) is 1. The summed E-state index contributed by atoms with van der Waals surface area (Å²) in [4.78, 5) is 0. The monoisotopic (exact) mass is 257 g/mol. The maximum absolute atomic E-state index is 9.81. The minimum atomic E-state index is -0.378. The highest BCUT2D eigenvalue weighted by molar-refractivity contribution is 4.83. The smallest absolute Gasteiger partial charge is 0.0897 e. The summed E-state index contributed by atoms with van der Waals surface area (Å²) in [5.74, 6) is 0.731. The van der Waals surface area contributed by atoms with Crippen LogP contribution >= 0.6 is 0 Å². The molecular formula is C15H31NO2. The molecule has 18 heavy (non-hydrogen) atoms. The Labute approximate surface area is 112 Å². The van der Waals surface area contributed by atoms with Gasteiger partial charge in [-0.2, -0.15) is 0 Å². The maximum atomic E-state index is 9.81. The fourth-order valence-corrected chi connectivity index (χ4v) is 3.14. The van der Waals surface area contributed by atoms with Crippen LogP contribution in [0, 0.1) is 11.3 Å². The van der Waals surface area contributed by atoms with Crippen LogP contribution in [-0.2, 0) is 4.74 Å². The Morgan fingerprint density at radius 1 is 1.39 bits per heavy atom. The van der Waals surface area contributed by atoms with Crippen molar-refractivity contribution in [1.29, 1.82) is 0 Å². The van der Waals surface area contributed by atoms with Crippen molar-refractivity contribution < 1.29 is 9.84 Å². The lowest BCUT2D eigenvalue weighted by Gasteiger charge is -2.39. The lowest BCUT2D eigenvalue weighted by molar-refractivity contribution is -0.0549. The van der Waals surface area contributed by atoms with E-state index in [1.807, 2.05) is 0 Å². The van der Waals surface area contributed by atoms with Gasteiger partial charge in [-0.25, -0.2) is 0 Å². The molecule has 0 heterocycles. The second-order valence-electron chi connectivity index (χ2n) is 6.73. The van der Waals surface area contributed by atoms with Crippen molar-refractivity contribution in [1.82, 2.24) is 5.32 Å². The summed E-state index contributed by atoms with van der Waals surface area (Å²) in [5.41, 5.74) is 0.383. The molecule has 0 aromatic heterocycles. The molecular weight excluding hydrogens is 226 g/mol. The molecule has 0 radical (unpaired) electrons. The van der Waals surface area contributed by atoms with Crippen LogP contribution in [0.3, 0.4) is 0 Å². The number of aliphatic hydroxyl groups excluding tert-OH is 1. The van der Waals surface area contributed by atoms with Crippen molar-refractivity contribution in [3.8, 4) is 0 Å². The first-order valence-electron chi connectivity index (χ1n) is 7.43. The first-order chi connectivity index (χ1) is 8.43. The first kappa shape index (κ1) is 15.9. The zero-order chi connectivity index (χ0) is 13.6. The zero-order valence-electron chi connectivity index (χ0n) is 12.5. The highest BCUT2D eigenvalue weighted by Crippen LogP contribution is 2.39. The number of rotatable bonds is 7. The van der Waals surface area contributed by atoms with Gasteiger partial charge in [0.2, 0.25) is 0 Å². The minimum absolute atomic E-state index is 0.324. The van der Waals surface area contributed by atoms with Gasteiger partial charge in [0.05, 0.1) is 18.8 Å². The number of hydrogen-bond donors (Lipinski definition) is 2. The Morgan fingerprint density at radius 2 is 2.11 bits per heavy atom. The van der Waals surface area contributed by atoms with E-state index in [2.05, 4.69) is 33.0 Å². The third kappa shape index (κ3) is 6.17. The molecule has 0 saturated heterocycles. The van der Waals surface area contributed by atoms with E-state index in [-0.39, 0.29) is 6.10 Å². The Balaban J connectivity index is 2.21. The van der Waals surface area contributed by atoms with Gasteiger partial charge in [0.1, 0.15) is 0 Å². The van der Waals surface area contributed by atoms with E-state index in [1.165, 1.54) is 6.42 Å². The predicted molar refractivity (Wildman–Crippen MR) is 75.7 cm³/mol. The Bertz CT molecular complexity index is 231. The molecule has 0 aromatic rings. The van der Waals surface area contributed by atoms with Crippen LogP contribution in [0.25, 0.3) is 0 Å². The van der Waals surface area contributed by atoms with Crippen LogP contribution < -0.4 is 5.32 Å². The molecule has 0 aromatic carbocycles. The van der Waals surface area contributed by atoms with Gasteiger partial charge in [0, 0.05) is 6.54 Å². The number of aliphatic hydroxyl groups is 1. The second kappa shape index (κ2) is 7.46. The van der Waals surface area contributed by atoms with E-state index in [0.717, 1.165) is 31.7 Å². The highest BCUT2D eigenvalue weighted by atomic mass is 16.5. The summed E-state index contributed by atoms with van der Waals surface area (Å²) in [6.07, 6.45) is 4.59. The Kier molecular flexibility index (Phi) is 6.61. The quantitative estimate of drug-likeness (QED) is 0.689. The summed E-state index contributed by atoms with van der Waals surface area (Å²) < 4.78 is 5.89. The van der Waals surface area contributed by atoms with Crippen molar-refractivity contribution in [2.24, 2.45) is 11.3 Å². The second-order valence-corrected chi connectivity index (χ2v) is 6.73. The first-order valence-corrected chi connectivity index (χ1v) is 7.43. The highest BCUT2D eigenvalue weighted by Gasteiger charge is 2.32. The normalized spacial score (nSPS) is 29.2. The molecule has 2 N–H and O–H groups in total. The molecule has 0 spiro atoms. The van der Waals surface area contributed by atoms with E-state index < -0.39 is 0 Å². The van der Waals surface area contributed by atoms with Crippen LogP contribution in [0.2, 0.25) is 0 Å². The number of hydrogen-bond acceptors (Lipinski definition) is 3. The average Bonchev–Trinajstić information content (AvgIpc) is 2.24. The maximum Gasteiger partial charge on any atom is 0.0897 e. The van der Waals surface area contributed by atoms with E-state index in [4.69, 9.17) is 4.74 Å². The lowest BCUT2D eigenvalue weighted by atomic mass is 9.71. The van der Waals surface area contributed by atoms with Crippen LogP contribution in [0.5, 0.6) is 0 Å². The van der Waals surface area contributed by atoms with Gasteiger partial charge in [0.25, 0.3) is 0 Å². The fraction of sp³-hybridized carbons (Fsp3) is 1.00. The molecule has 1 aliphatic rings. The Morgan fingerprint density at radius 3 is 2.72 bits per heavy atom. The third-order valence-electron chi connectivity index (χ3n) is 3.68. The summed E-state index contributed by atoms with van der Waals surface area (Å²) in [6, 6.07) is 0.